The lowest BCUT2D eigenvalue weighted by molar-refractivity contribution is 0.542. The van der Waals surface area contributed by atoms with Gasteiger partial charge >= 0.3 is 0 Å². The standard InChI is InChI=1S/C5H5ClN2O2S/c6-4-1-2-7-3-5(4)8-11(9)10/h1-3,8H,(H,9,10)/p-1. The van der Waals surface area contributed by atoms with Gasteiger partial charge in [-0.1, -0.05) is 11.6 Å². The van der Waals surface area contributed by atoms with Crippen molar-refractivity contribution >= 4 is 28.6 Å². The van der Waals surface area contributed by atoms with Crippen molar-refractivity contribution in [3.8, 4) is 0 Å². The molecule has 1 unspecified atom stereocenters. The number of hydrogen-bond donors (Lipinski definition) is 1. The molecular formula is C5H4ClN2O2S-. The van der Waals surface area contributed by atoms with Crippen molar-refractivity contribution in [2.45, 2.75) is 0 Å². The van der Waals surface area contributed by atoms with E-state index >= 15 is 0 Å². The van der Waals surface area contributed by atoms with Crippen molar-refractivity contribution in [2.24, 2.45) is 0 Å². The van der Waals surface area contributed by atoms with Crippen molar-refractivity contribution in [1.82, 2.24) is 4.98 Å². The maximum absolute atomic E-state index is 10.1. The Morgan fingerprint density at radius 3 is 3.00 bits per heavy atom. The Morgan fingerprint density at radius 2 is 2.45 bits per heavy atom. The molecule has 1 N–H and O–H groups in total. The quantitative estimate of drug-likeness (QED) is 0.708. The zero-order valence-corrected chi connectivity index (χ0v) is 6.85. The highest BCUT2D eigenvalue weighted by molar-refractivity contribution is 7.80. The molecule has 1 heterocycles. The van der Waals surface area contributed by atoms with Gasteiger partial charge in [0.1, 0.15) is 0 Å². The molecule has 6 heteroatoms. The Labute approximate surface area is 71.0 Å². The van der Waals surface area contributed by atoms with Gasteiger partial charge in [0.05, 0.1) is 16.9 Å². The Hall–Kier alpha value is -0.650. The number of hydrogen-bond acceptors (Lipinski definition) is 3. The minimum Gasteiger partial charge on any atom is -0.755 e. The second kappa shape index (κ2) is 3.66. The van der Waals surface area contributed by atoms with Crippen molar-refractivity contribution < 1.29 is 8.76 Å². The molecule has 0 radical (unpaired) electrons. The number of aromatic nitrogens is 1. The molecule has 11 heavy (non-hydrogen) atoms. The summed E-state index contributed by atoms with van der Waals surface area (Å²) in [7, 11) is 0. The normalized spacial score (nSPS) is 12.5. The van der Waals surface area contributed by atoms with E-state index < -0.39 is 11.3 Å². The fourth-order valence-corrected chi connectivity index (χ4v) is 1.09. The van der Waals surface area contributed by atoms with E-state index in [1.807, 2.05) is 0 Å². The summed E-state index contributed by atoms with van der Waals surface area (Å²) in [5, 5.41) is 0.323. The zero-order valence-electron chi connectivity index (χ0n) is 5.28. The van der Waals surface area contributed by atoms with E-state index in [-0.39, 0.29) is 5.69 Å². The van der Waals surface area contributed by atoms with Gasteiger partial charge in [0.2, 0.25) is 0 Å². The molecule has 0 bridgehead atoms. The highest BCUT2D eigenvalue weighted by Gasteiger charge is 1.96. The third-order valence-corrected chi connectivity index (χ3v) is 1.68. The Morgan fingerprint density at radius 1 is 1.73 bits per heavy atom. The van der Waals surface area contributed by atoms with Crippen LogP contribution in [0.25, 0.3) is 0 Å². The fraction of sp³-hybridized carbons (Fsp3) is 0. The minimum atomic E-state index is -2.35. The molecular weight excluding hydrogens is 188 g/mol. The van der Waals surface area contributed by atoms with E-state index in [4.69, 9.17) is 11.6 Å². The van der Waals surface area contributed by atoms with Gasteiger partial charge in [-0.05, 0) is 6.07 Å². The number of nitrogens with zero attached hydrogens (tertiary/aromatic N) is 1. The first-order valence-corrected chi connectivity index (χ1v) is 4.11. The Kier molecular flexibility index (Phi) is 2.81. The van der Waals surface area contributed by atoms with Crippen molar-refractivity contribution in [3.05, 3.63) is 23.5 Å². The van der Waals surface area contributed by atoms with Crippen LogP contribution < -0.4 is 4.72 Å². The van der Waals surface area contributed by atoms with Gasteiger partial charge in [0.25, 0.3) is 0 Å². The lowest BCUT2D eigenvalue weighted by Gasteiger charge is -2.08. The summed E-state index contributed by atoms with van der Waals surface area (Å²) in [5.74, 6) is 0. The van der Waals surface area contributed by atoms with Gasteiger partial charge in [0.15, 0.2) is 0 Å². The summed E-state index contributed by atoms with van der Waals surface area (Å²) in [6.07, 6.45) is 2.80. The number of rotatable bonds is 2. The topological polar surface area (TPSA) is 65.0 Å². The summed E-state index contributed by atoms with van der Waals surface area (Å²) in [5.41, 5.74) is 0.280. The highest BCUT2D eigenvalue weighted by Crippen LogP contribution is 2.18. The van der Waals surface area contributed by atoms with Gasteiger partial charge in [-0.3, -0.25) is 9.19 Å². The molecule has 1 atom stereocenters. The van der Waals surface area contributed by atoms with Crippen LogP contribution in [0.5, 0.6) is 0 Å². The third kappa shape index (κ3) is 2.45. The summed E-state index contributed by atoms with van der Waals surface area (Å²) in [6, 6.07) is 1.50. The first kappa shape index (κ1) is 8.45. The molecule has 0 aromatic carbocycles. The first-order valence-electron chi connectivity index (χ1n) is 2.65. The third-order valence-electron chi connectivity index (χ3n) is 0.961. The molecule has 1 aromatic heterocycles. The number of pyridine rings is 1. The molecule has 60 valence electrons. The average Bonchev–Trinajstić information content (AvgIpc) is 1.93. The van der Waals surface area contributed by atoms with E-state index in [0.717, 1.165) is 0 Å². The SMILES string of the molecule is O=S([O-])Nc1cnccc1Cl. The van der Waals surface area contributed by atoms with Crippen molar-refractivity contribution in [3.63, 3.8) is 0 Å². The molecule has 0 saturated heterocycles. The summed E-state index contributed by atoms with van der Waals surface area (Å²) >= 11 is 3.24. The van der Waals surface area contributed by atoms with Crippen LogP contribution in [0.4, 0.5) is 5.69 Å². The molecule has 0 aliphatic rings. The lowest BCUT2D eigenvalue weighted by atomic mass is 10.4. The summed E-state index contributed by atoms with van der Waals surface area (Å²) in [4.78, 5) is 3.68. The summed E-state index contributed by atoms with van der Waals surface area (Å²) < 4.78 is 22.3. The van der Waals surface area contributed by atoms with Crippen LogP contribution in [-0.2, 0) is 11.3 Å². The predicted octanol–water partition coefficient (Wildman–Crippen LogP) is 0.941. The molecule has 0 amide bonds. The lowest BCUT2D eigenvalue weighted by Crippen LogP contribution is -2.02. The number of nitrogens with one attached hydrogen (secondary N) is 1. The smallest absolute Gasteiger partial charge is 0.0825 e. The molecule has 1 aromatic rings. The van der Waals surface area contributed by atoms with Gasteiger partial charge in [-0.15, -0.1) is 0 Å². The number of halogens is 1. The van der Waals surface area contributed by atoms with E-state index in [2.05, 4.69) is 9.71 Å². The van der Waals surface area contributed by atoms with Gasteiger partial charge in [-0.2, -0.15) is 0 Å². The number of anilines is 1. The zero-order chi connectivity index (χ0) is 8.27. The Balaban J connectivity index is 2.86. The monoisotopic (exact) mass is 191 g/mol. The van der Waals surface area contributed by atoms with Crippen LogP contribution in [-0.4, -0.2) is 13.7 Å². The fourth-order valence-electron chi connectivity index (χ4n) is 0.542. The van der Waals surface area contributed by atoms with E-state index in [9.17, 15) is 8.76 Å². The van der Waals surface area contributed by atoms with Gasteiger partial charge in [-0.25, -0.2) is 0 Å². The predicted molar refractivity (Wildman–Crippen MR) is 41.8 cm³/mol. The van der Waals surface area contributed by atoms with Crippen LogP contribution in [0, 0.1) is 0 Å². The van der Waals surface area contributed by atoms with Gasteiger partial charge in [0, 0.05) is 17.5 Å². The highest BCUT2D eigenvalue weighted by atomic mass is 35.5. The van der Waals surface area contributed by atoms with Crippen LogP contribution in [0.1, 0.15) is 0 Å². The molecule has 0 saturated carbocycles. The van der Waals surface area contributed by atoms with Crippen molar-refractivity contribution in [1.29, 1.82) is 0 Å². The molecule has 0 spiro atoms. The van der Waals surface area contributed by atoms with Crippen LogP contribution >= 0.6 is 11.6 Å². The molecule has 0 aliphatic heterocycles. The first-order chi connectivity index (χ1) is 5.20. The maximum Gasteiger partial charge on any atom is 0.0825 e. The maximum atomic E-state index is 10.1. The largest absolute Gasteiger partial charge is 0.755 e. The molecule has 1 rings (SSSR count). The van der Waals surface area contributed by atoms with E-state index in [1.165, 1.54) is 18.5 Å². The second-order valence-corrected chi connectivity index (χ2v) is 2.77. The molecule has 4 nitrogen and oxygen atoms in total. The summed E-state index contributed by atoms with van der Waals surface area (Å²) in [6.45, 7) is 0. The van der Waals surface area contributed by atoms with Crippen LogP contribution in [0.3, 0.4) is 0 Å². The molecule has 0 aliphatic carbocycles. The van der Waals surface area contributed by atoms with Crippen LogP contribution in [0.2, 0.25) is 5.02 Å². The average molecular weight is 192 g/mol. The van der Waals surface area contributed by atoms with Gasteiger partial charge < -0.3 is 9.27 Å². The molecule has 0 fully saturated rings. The second-order valence-electron chi connectivity index (χ2n) is 1.69. The van der Waals surface area contributed by atoms with E-state index in [0.29, 0.717) is 5.02 Å². The minimum absolute atomic E-state index is 0.280. The van der Waals surface area contributed by atoms with Crippen LogP contribution in [0.15, 0.2) is 18.5 Å². The Bertz CT molecular complexity index is 281. The van der Waals surface area contributed by atoms with Crippen molar-refractivity contribution in [2.75, 3.05) is 4.72 Å². The van der Waals surface area contributed by atoms with E-state index in [1.54, 1.807) is 0 Å².